The summed E-state index contributed by atoms with van der Waals surface area (Å²) < 4.78 is 0. The number of nitrogens with one attached hydrogen (secondary N) is 3. The van der Waals surface area contributed by atoms with Crippen LogP contribution in [0.5, 0.6) is 0 Å². The van der Waals surface area contributed by atoms with E-state index in [0.29, 0.717) is 22.7 Å². The van der Waals surface area contributed by atoms with E-state index in [2.05, 4.69) is 26.2 Å². The molecule has 1 aliphatic rings. The molecule has 16 nitrogen and oxygen atoms in total. The van der Waals surface area contributed by atoms with Gasteiger partial charge in [0.05, 0.1) is 23.8 Å². The van der Waals surface area contributed by atoms with Crippen LogP contribution < -0.4 is 21.7 Å². The van der Waals surface area contributed by atoms with Gasteiger partial charge >= 0.3 is 11.9 Å². The van der Waals surface area contributed by atoms with Crippen molar-refractivity contribution in [2.75, 3.05) is 23.7 Å². The van der Waals surface area contributed by atoms with Gasteiger partial charge in [0.25, 0.3) is 11.8 Å². The molecule has 1 heterocycles. The predicted molar refractivity (Wildman–Crippen MR) is 166 cm³/mol. The highest BCUT2D eigenvalue weighted by Gasteiger charge is 2.26. The average Bonchev–Trinajstić information content (AvgIpc) is 3.31. The molecule has 2 aromatic rings. The van der Waals surface area contributed by atoms with Crippen LogP contribution in [0.2, 0.25) is 0 Å². The second-order valence-corrected chi connectivity index (χ2v) is 9.87. The van der Waals surface area contributed by atoms with Crippen molar-refractivity contribution in [3.05, 3.63) is 60.7 Å². The third kappa shape index (κ3) is 11.9. The number of nitrogens with two attached hydrogens (primary N) is 1. The van der Waals surface area contributed by atoms with Crippen LogP contribution in [0, 0.1) is 5.92 Å². The second-order valence-electron chi connectivity index (χ2n) is 9.87. The van der Waals surface area contributed by atoms with Gasteiger partial charge in [-0.15, -0.1) is 12.4 Å². The molecular formula is C29H32ClN7O9. The van der Waals surface area contributed by atoms with Gasteiger partial charge in [0.15, 0.2) is 0 Å². The van der Waals surface area contributed by atoms with E-state index in [1.54, 1.807) is 48.5 Å². The van der Waals surface area contributed by atoms with E-state index in [9.17, 15) is 38.7 Å². The first-order valence-electron chi connectivity index (χ1n) is 13.6. The number of aliphatic carboxylic acids is 2. The monoisotopic (exact) mass is 657 g/mol. The summed E-state index contributed by atoms with van der Waals surface area (Å²) in [6.45, 7) is -0.711. The van der Waals surface area contributed by atoms with E-state index in [0.717, 1.165) is 17.1 Å². The molecule has 7 N–H and O–H groups in total. The molecule has 17 heteroatoms. The number of azo groups is 1. The fraction of sp³-hybridized carbons (Fsp3) is 0.276. The molecule has 1 aliphatic heterocycles. The fourth-order valence-corrected chi connectivity index (χ4v) is 4.00. The summed E-state index contributed by atoms with van der Waals surface area (Å²) in [6.07, 6.45) is 2.14. The molecule has 1 unspecified atom stereocenters. The van der Waals surface area contributed by atoms with Gasteiger partial charge in [-0.25, -0.2) is 0 Å². The van der Waals surface area contributed by atoms with Gasteiger partial charge in [0.1, 0.15) is 12.6 Å². The maximum Gasteiger partial charge on any atom is 0.320 e. The molecule has 0 aliphatic carbocycles. The van der Waals surface area contributed by atoms with Gasteiger partial charge in [0.2, 0.25) is 17.7 Å². The Bertz CT molecular complexity index is 1490. The van der Waals surface area contributed by atoms with Gasteiger partial charge in [-0.2, -0.15) is 10.2 Å². The number of nitrogens with zero attached hydrogens (tertiary/aromatic N) is 3. The van der Waals surface area contributed by atoms with Crippen molar-refractivity contribution >= 4 is 76.6 Å². The molecule has 5 amide bonds. The van der Waals surface area contributed by atoms with Crippen LogP contribution in [0.4, 0.5) is 22.7 Å². The van der Waals surface area contributed by atoms with Crippen LogP contribution in [-0.2, 0) is 33.6 Å². The largest absolute Gasteiger partial charge is 0.481 e. The van der Waals surface area contributed by atoms with E-state index in [1.165, 1.54) is 0 Å². The number of carbonyl (C=O) groups is 7. The normalized spacial score (nSPS) is 13.5. The lowest BCUT2D eigenvalue weighted by Crippen LogP contribution is -2.37. The predicted octanol–water partition coefficient (Wildman–Crippen LogP) is 2.12. The molecule has 244 valence electrons. The van der Waals surface area contributed by atoms with Gasteiger partial charge in [-0.05, 0) is 67.8 Å². The molecule has 0 radical (unpaired) electrons. The van der Waals surface area contributed by atoms with Crippen LogP contribution in [0.15, 0.2) is 70.9 Å². The Morgan fingerprint density at radius 2 is 1.26 bits per heavy atom. The van der Waals surface area contributed by atoms with Crippen LogP contribution in [0.1, 0.15) is 25.7 Å². The van der Waals surface area contributed by atoms with Crippen molar-refractivity contribution < 1.29 is 43.8 Å². The zero-order valence-electron chi connectivity index (χ0n) is 24.3. The molecule has 0 spiro atoms. The topological polar surface area (TPSA) is 250 Å². The van der Waals surface area contributed by atoms with E-state index < -0.39 is 60.0 Å². The van der Waals surface area contributed by atoms with Gasteiger partial charge in [0, 0.05) is 29.9 Å². The van der Waals surface area contributed by atoms with Crippen LogP contribution >= 0.6 is 12.4 Å². The third-order valence-corrected chi connectivity index (χ3v) is 6.39. The van der Waals surface area contributed by atoms with E-state index in [-0.39, 0.29) is 44.6 Å². The lowest BCUT2D eigenvalue weighted by Gasteiger charge is -2.14. The van der Waals surface area contributed by atoms with E-state index in [4.69, 9.17) is 10.8 Å². The number of hydrogen-bond acceptors (Lipinski definition) is 10. The van der Waals surface area contributed by atoms with Gasteiger partial charge < -0.3 is 31.9 Å². The second kappa shape index (κ2) is 17.7. The standard InChI is InChI=1S/C29H31N7O9.ClH/c30-22(29(44)45)14-17(28(42)43)2-1-3-23(37)31-15-24(38)32-18-4-8-20(9-5-18)34-35-21-10-6-19(7-11-21)33-25(39)16-36-26(40)12-13-27(36)41;/h4-13,17,22H,1-3,14-16,30H2,(H,31,37)(H,32,38)(H,33,39)(H,42,43)(H,44,45);1H/t17?,22-;/m0./s1. The number of amides is 5. The molecule has 0 saturated carbocycles. The summed E-state index contributed by atoms with van der Waals surface area (Å²) in [6, 6.07) is 11.5. The van der Waals surface area contributed by atoms with E-state index in [1.807, 2.05) is 0 Å². The van der Waals surface area contributed by atoms with Crippen LogP contribution in [0.3, 0.4) is 0 Å². The fourth-order valence-electron chi connectivity index (χ4n) is 4.00. The summed E-state index contributed by atoms with van der Waals surface area (Å²) in [5, 5.41) is 33.9. The van der Waals surface area contributed by atoms with E-state index >= 15 is 0 Å². The summed E-state index contributed by atoms with van der Waals surface area (Å²) in [4.78, 5) is 82.5. The molecule has 3 rings (SSSR count). The molecule has 2 atom stereocenters. The Hall–Kier alpha value is -5.48. The number of anilines is 2. The SMILES string of the molecule is Cl.N[C@@H](CC(CCCC(=O)NCC(=O)Nc1ccc(N=Nc2ccc(NC(=O)CN3C(=O)C=CC3=O)cc2)cc1)C(=O)O)C(=O)O. The van der Waals surface area contributed by atoms with Crippen LogP contribution in [0.25, 0.3) is 0 Å². The van der Waals surface area contributed by atoms with Crippen molar-refractivity contribution in [1.82, 2.24) is 10.2 Å². The first-order chi connectivity index (χ1) is 21.4. The maximum absolute atomic E-state index is 12.2. The molecule has 0 fully saturated rings. The summed E-state index contributed by atoms with van der Waals surface area (Å²) >= 11 is 0. The van der Waals surface area contributed by atoms with Crippen LogP contribution in [-0.4, -0.2) is 75.7 Å². The number of carbonyl (C=O) groups excluding carboxylic acids is 5. The molecule has 0 aromatic heterocycles. The Morgan fingerprint density at radius 1 is 0.761 bits per heavy atom. The van der Waals surface area contributed by atoms with Crippen molar-refractivity contribution in [3.63, 3.8) is 0 Å². The van der Waals surface area contributed by atoms with Crippen molar-refractivity contribution in [3.8, 4) is 0 Å². The third-order valence-electron chi connectivity index (χ3n) is 6.39. The zero-order valence-corrected chi connectivity index (χ0v) is 25.1. The number of carboxylic acids is 2. The highest BCUT2D eigenvalue weighted by molar-refractivity contribution is 6.15. The Kier molecular flexibility index (Phi) is 14.1. The lowest BCUT2D eigenvalue weighted by atomic mass is 9.94. The lowest BCUT2D eigenvalue weighted by molar-refractivity contribution is -0.144. The molecular weight excluding hydrogens is 626 g/mol. The average molecular weight is 658 g/mol. The first kappa shape index (κ1) is 36.7. The number of imide groups is 1. The highest BCUT2D eigenvalue weighted by Crippen LogP contribution is 2.22. The molecule has 46 heavy (non-hydrogen) atoms. The minimum atomic E-state index is -1.31. The Morgan fingerprint density at radius 3 is 1.74 bits per heavy atom. The van der Waals surface area contributed by atoms with Crippen molar-refractivity contribution in [1.29, 1.82) is 0 Å². The summed E-state index contributed by atoms with van der Waals surface area (Å²) in [5.74, 6) is -6.07. The number of halogens is 1. The zero-order chi connectivity index (χ0) is 32.9. The summed E-state index contributed by atoms with van der Waals surface area (Å²) in [7, 11) is 0. The number of hydrogen-bond donors (Lipinski definition) is 6. The highest BCUT2D eigenvalue weighted by atomic mass is 35.5. The van der Waals surface area contributed by atoms with Crippen molar-refractivity contribution in [2.24, 2.45) is 21.9 Å². The Balaban J connectivity index is 0.00000736. The maximum atomic E-state index is 12.2. The number of benzene rings is 2. The minimum Gasteiger partial charge on any atom is -0.481 e. The van der Waals surface area contributed by atoms with Gasteiger partial charge in [-0.1, -0.05) is 0 Å². The molecule has 0 bridgehead atoms. The van der Waals surface area contributed by atoms with Gasteiger partial charge in [-0.3, -0.25) is 38.5 Å². The minimum absolute atomic E-state index is 0. The number of rotatable bonds is 16. The first-order valence-corrected chi connectivity index (χ1v) is 13.6. The molecule has 2 aromatic carbocycles. The molecule has 0 saturated heterocycles. The van der Waals surface area contributed by atoms with Crippen molar-refractivity contribution in [2.45, 2.75) is 31.7 Å². The smallest absolute Gasteiger partial charge is 0.320 e. The quantitative estimate of drug-likeness (QED) is 0.113. The Labute approximate surface area is 268 Å². The summed E-state index contributed by atoms with van der Waals surface area (Å²) in [5.41, 5.74) is 7.24. The number of carboxylic acid groups (broad SMARTS) is 2.